The van der Waals surface area contributed by atoms with Gasteiger partial charge >= 0.3 is 0 Å². The quantitative estimate of drug-likeness (QED) is 0.919. The summed E-state index contributed by atoms with van der Waals surface area (Å²) in [7, 11) is 3.65. The summed E-state index contributed by atoms with van der Waals surface area (Å²) in [4.78, 5) is 30.1. The second-order valence-electron chi connectivity index (χ2n) is 6.26. The van der Waals surface area contributed by atoms with Crippen LogP contribution in [0.3, 0.4) is 0 Å². The lowest BCUT2D eigenvalue weighted by atomic mass is 9.70. The minimum Gasteiger partial charge on any atom is -0.348 e. The van der Waals surface area contributed by atoms with E-state index in [1.54, 1.807) is 28.9 Å². The number of hydrogen-bond acceptors (Lipinski definition) is 3. The van der Waals surface area contributed by atoms with Gasteiger partial charge in [0.1, 0.15) is 0 Å². The van der Waals surface area contributed by atoms with Crippen molar-refractivity contribution in [2.75, 3.05) is 13.6 Å². The average Bonchev–Trinajstić information content (AvgIpc) is 2.95. The number of allylic oxidation sites excluding steroid dienone is 1. The van der Waals surface area contributed by atoms with Crippen LogP contribution in [0.25, 0.3) is 0 Å². The number of nitrogens with zero attached hydrogens (tertiary/aromatic N) is 3. The predicted octanol–water partition coefficient (Wildman–Crippen LogP) is 1.46. The maximum absolute atomic E-state index is 12.3. The molecule has 2 heterocycles. The molecule has 3 rings (SSSR count). The Balaban J connectivity index is 1.76. The van der Waals surface area contributed by atoms with Crippen molar-refractivity contribution < 1.29 is 9.59 Å². The third-order valence-corrected chi connectivity index (χ3v) is 4.90. The highest BCUT2D eigenvalue weighted by molar-refractivity contribution is 5.90. The number of rotatable bonds is 3. The van der Waals surface area contributed by atoms with Gasteiger partial charge in [-0.1, -0.05) is 6.08 Å². The third kappa shape index (κ3) is 2.42. The Kier molecular flexibility index (Phi) is 3.76. The molecule has 0 saturated carbocycles. The highest BCUT2D eigenvalue weighted by Gasteiger charge is 2.43. The molecule has 6 nitrogen and oxygen atoms in total. The highest BCUT2D eigenvalue weighted by Crippen LogP contribution is 2.45. The van der Waals surface area contributed by atoms with Gasteiger partial charge < -0.3 is 14.8 Å². The highest BCUT2D eigenvalue weighted by atomic mass is 16.2. The fourth-order valence-corrected chi connectivity index (χ4v) is 3.60. The standard InChI is InChI=1S/C16H22N4O2/c1-19-10-9-17-14(19)15(22)18-11-16-7-4-3-5-12(16)20(2)13(21)6-8-16/h5,9-10H,3-4,6-8,11H2,1-2H3,(H,18,22). The Morgan fingerprint density at radius 1 is 1.41 bits per heavy atom. The van der Waals surface area contributed by atoms with Crippen LogP contribution in [0.1, 0.15) is 42.7 Å². The normalized spacial score (nSPS) is 24.7. The first kappa shape index (κ1) is 14.8. The fourth-order valence-electron chi connectivity index (χ4n) is 3.60. The van der Waals surface area contributed by atoms with E-state index in [1.165, 1.54) is 0 Å². The van der Waals surface area contributed by atoms with Crippen molar-refractivity contribution in [3.05, 3.63) is 30.0 Å². The summed E-state index contributed by atoms with van der Waals surface area (Å²) >= 11 is 0. The molecule has 0 aromatic carbocycles. The summed E-state index contributed by atoms with van der Waals surface area (Å²) in [6.45, 7) is 0.558. The number of aromatic nitrogens is 2. The van der Waals surface area contributed by atoms with Crippen molar-refractivity contribution in [3.8, 4) is 0 Å². The summed E-state index contributed by atoms with van der Waals surface area (Å²) < 4.78 is 1.71. The van der Waals surface area contributed by atoms with E-state index in [2.05, 4.69) is 16.4 Å². The Morgan fingerprint density at radius 2 is 2.23 bits per heavy atom. The molecule has 6 heteroatoms. The number of piperidine rings is 1. The molecule has 1 aromatic heterocycles. The number of carbonyl (C=O) groups is 2. The summed E-state index contributed by atoms with van der Waals surface area (Å²) in [5.74, 6) is 0.420. The summed E-state index contributed by atoms with van der Waals surface area (Å²) in [6, 6.07) is 0. The van der Waals surface area contributed by atoms with Gasteiger partial charge in [0.05, 0.1) is 0 Å². The summed E-state index contributed by atoms with van der Waals surface area (Å²) in [5, 5.41) is 3.02. The van der Waals surface area contributed by atoms with Crippen LogP contribution in [0.4, 0.5) is 0 Å². The zero-order valence-corrected chi connectivity index (χ0v) is 13.1. The molecule has 1 unspecified atom stereocenters. The van der Waals surface area contributed by atoms with Crippen LogP contribution in [-0.4, -0.2) is 39.9 Å². The van der Waals surface area contributed by atoms with Crippen LogP contribution in [0.5, 0.6) is 0 Å². The van der Waals surface area contributed by atoms with Gasteiger partial charge in [0.25, 0.3) is 5.91 Å². The lowest BCUT2D eigenvalue weighted by Crippen LogP contribution is -2.49. The molecule has 0 bridgehead atoms. The molecule has 1 saturated heterocycles. The molecule has 1 N–H and O–H groups in total. The molecule has 2 amide bonds. The zero-order chi connectivity index (χ0) is 15.7. The Hall–Kier alpha value is -2.11. The number of amides is 2. The van der Waals surface area contributed by atoms with E-state index < -0.39 is 0 Å². The SMILES string of the molecule is CN1C(=O)CCC2(CNC(=O)c3nccn3C)CCCC=C12. The van der Waals surface area contributed by atoms with E-state index >= 15 is 0 Å². The molecule has 1 fully saturated rings. The first-order valence-electron chi connectivity index (χ1n) is 7.76. The molecule has 1 aliphatic heterocycles. The van der Waals surface area contributed by atoms with E-state index in [4.69, 9.17) is 0 Å². The number of likely N-dealkylation sites (tertiary alicyclic amines) is 1. The molecule has 1 atom stereocenters. The maximum Gasteiger partial charge on any atom is 0.287 e. The Morgan fingerprint density at radius 3 is 2.95 bits per heavy atom. The molecule has 2 aliphatic rings. The monoisotopic (exact) mass is 302 g/mol. The number of imidazole rings is 1. The maximum atomic E-state index is 12.3. The van der Waals surface area contributed by atoms with Crippen molar-refractivity contribution in [3.63, 3.8) is 0 Å². The third-order valence-electron chi connectivity index (χ3n) is 4.90. The molecular formula is C16H22N4O2. The minimum absolute atomic E-state index is 0.109. The van der Waals surface area contributed by atoms with Crippen LogP contribution >= 0.6 is 0 Å². The first-order chi connectivity index (χ1) is 10.5. The lowest BCUT2D eigenvalue weighted by molar-refractivity contribution is -0.132. The van der Waals surface area contributed by atoms with Crippen LogP contribution in [0, 0.1) is 5.41 Å². The van der Waals surface area contributed by atoms with E-state index in [0.717, 1.165) is 31.4 Å². The van der Waals surface area contributed by atoms with E-state index in [1.807, 2.05) is 7.05 Å². The van der Waals surface area contributed by atoms with Crippen LogP contribution in [-0.2, 0) is 11.8 Å². The molecule has 0 radical (unpaired) electrons. The number of nitrogens with one attached hydrogen (secondary N) is 1. The van der Waals surface area contributed by atoms with Crippen molar-refractivity contribution >= 4 is 11.8 Å². The topological polar surface area (TPSA) is 67.2 Å². The molecule has 0 spiro atoms. The average molecular weight is 302 g/mol. The summed E-state index contributed by atoms with van der Waals surface area (Å²) in [5.41, 5.74) is 0.969. The van der Waals surface area contributed by atoms with Crippen LogP contribution < -0.4 is 5.32 Å². The van der Waals surface area contributed by atoms with Gasteiger partial charge in [-0.05, 0) is 25.7 Å². The second-order valence-corrected chi connectivity index (χ2v) is 6.26. The zero-order valence-electron chi connectivity index (χ0n) is 13.1. The minimum atomic E-state index is -0.161. The van der Waals surface area contributed by atoms with Crippen LogP contribution in [0.2, 0.25) is 0 Å². The molecule has 1 aliphatic carbocycles. The van der Waals surface area contributed by atoms with Gasteiger partial charge in [0.2, 0.25) is 5.91 Å². The van der Waals surface area contributed by atoms with Gasteiger partial charge in [0, 0.05) is 50.6 Å². The summed E-state index contributed by atoms with van der Waals surface area (Å²) in [6.07, 6.45) is 10.0. The van der Waals surface area contributed by atoms with E-state index in [-0.39, 0.29) is 17.2 Å². The van der Waals surface area contributed by atoms with Crippen molar-refractivity contribution in [1.82, 2.24) is 19.8 Å². The second kappa shape index (κ2) is 5.59. The lowest BCUT2D eigenvalue weighted by Gasteiger charge is -2.46. The van der Waals surface area contributed by atoms with E-state index in [9.17, 15) is 9.59 Å². The fraction of sp³-hybridized carbons (Fsp3) is 0.562. The number of hydrogen-bond donors (Lipinski definition) is 1. The number of fused-ring (bicyclic) bond motifs is 1. The van der Waals surface area contributed by atoms with Crippen LogP contribution in [0.15, 0.2) is 24.2 Å². The number of carbonyl (C=O) groups excluding carboxylic acids is 2. The largest absolute Gasteiger partial charge is 0.348 e. The molecule has 22 heavy (non-hydrogen) atoms. The Labute approximate surface area is 130 Å². The predicted molar refractivity (Wildman–Crippen MR) is 81.9 cm³/mol. The molecule has 118 valence electrons. The number of aryl methyl sites for hydroxylation is 1. The van der Waals surface area contributed by atoms with E-state index in [0.29, 0.717) is 18.8 Å². The van der Waals surface area contributed by atoms with Gasteiger partial charge in [-0.2, -0.15) is 0 Å². The van der Waals surface area contributed by atoms with Crippen molar-refractivity contribution in [1.29, 1.82) is 0 Å². The van der Waals surface area contributed by atoms with Crippen molar-refractivity contribution in [2.24, 2.45) is 12.5 Å². The molecular weight excluding hydrogens is 280 g/mol. The molecule has 1 aromatic rings. The van der Waals surface area contributed by atoms with Gasteiger partial charge in [-0.3, -0.25) is 9.59 Å². The smallest absolute Gasteiger partial charge is 0.287 e. The van der Waals surface area contributed by atoms with Gasteiger partial charge in [-0.15, -0.1) is 0 Å². The first-order valence-corrected chi connectivity index (χ1v) is 7.76. The van der Waals surface area contributed by atoms with Gasteiger partial charge in [-0.25, -0.2) is 4.98 Å². The Bertz CT molecular complexity index is 634. The van der Waals surface area contributed by atoms with Crippen molar-refractivity contribution in [2.45, 2.75) is 32.1 Å². The van der Waals surface area contributed by atoms with Gasteiger partial charge in [0.15, 0.2) is 5.82 Å².